The van der Waals surface area contributed by atoms with Crippen LogP contribution >= 0.6 is 0 Å². The van der Waals surface area contributed by atoms with Crippen LogP contribution in [0.3, 0.4) is 0 Å². The fourth-order valence-corrected chi connectivity index (χ4v) is 2.96. The second-order valence-corrected chi connectivity index (χ2v) is 5.70. The van der Waals surface area contributed by atoms with Gasteiger partial charge in [-0.1, -0.05) is 30.3 Å². The summed E-state index contributed by atoms with van der Waals surface area (Å²) in [6.45, 7) is 0. The number of esters is 2. The van der Waals surface area contributed by atoms with Crippen molar-refractivity contribution >= 4 is 11.9 Å². The van der Waals surface area contributed by atoms with Gasteiger partial charge >= 0.3 is 11.9 Å². The van der Waals surface area contributed by atoms with Gasteiger partial charge in [0.1, 0.15) is 23.6 Å². The highest BCUT2D eigenvalue weighted by Crippen LogP contribution is 2.41. The number of aromatic nitrogens is 1. The Labute approximate surface area is 146 Å². The van der Waals surface area contributed by atoms with Gasteiger partial charge in [0.05, 0.1) is 7.11 Å². The number of aliphatic hydroxyl groups excluding tert-OH is 3. The number of nitrogens with one attached hydrogen (secondary N) is 1. The molecule has 4 atom stereocenters. The van der Waals surface area contributed by atoms with Crippen LogP contribution in [-0.2, 0) is 9.47 Å². The Kier molecular flexibility index (Phi) is 4.77. The number of aliphatic hydroxyl groups is 3. The predicted octanol–water partition coefficient (Wildman–Crippen LogP) is 0.690. The number of carbonyl (C=O) groups is 2. The topological polar surface area (TPSA) is 129 Å². The monoisotopic (exact) mass is 365 g/mol. The molecule has 1 aromatic heterocycles. The van der Waals surface area contributed by atoms with E-state index in [2.05, 4.69) is 4.98 Å². The highest BCUT2D eigenvalue weighted by Gasteiger charge is 2.45. The maximum Gasteiger partial charge on any atom is 0.355 e. The fourth-order valence-electron chi connectivity index (χ4n) is 2.96. The van der Waals surface area contributed by atoms with Crippen molar-refractivity contribution in [1.29, 1.82) is 0 Å². The lowest BCUT2D eigenvalue weighted by atomic mass is 9.90. The van der Waals surface area contributed by atoms with E-state index in [9.17, 15) is 24.2 Å². The first-order valence-corrected chi connectivity index (χ1v) is 7.65. The van der Waals surface area contributed by atoms with E-state index < -0.39 is 36.6 Å². The molecule has 0 spiro atoms. The Morgan fingerprint density at radius 3 is 2.54 bits per heavy atom. The molecular formula is C17H16FNO7. The van der Waals surface area contributed by atoms with Gasteiger partial charge in [-0.05, 0) is 5.56 Å². The first-order chi connectivity index (χ1) is 12.4. The molecule has 1 aromatic carbocycles. The summed E-state index contributed by atoms with van der Waals surface area (Å²) < 4.78 is 22.6. The zero-order chi connectivity index (χ0) is 19.0. The predicted molar refractivity (Wildman–Crippen MR) is 84.9 cm³/mol. The van der Waals surface area contributed by atoms with Crippen molar-refractivity contribution in [3.05, 3.63) is 47.3 Å². The summed E-state index contributed by atoms with van der Waals surface area (Å²) in [5.74, 6) is -1.80. The lowest BCUT2D eigenvalue weighted by Gasteiger charge is -2.31. The number of ether oxygens (including phenoxy) is 2. The van der Waals surface area contributed by atoms with Crippen LogP contribution in [0.5, 0.6) is 0 Å². The number of benzene rings is 1. The number of alkyl halides is 1. The van der Waals surface area contributed by atoms with E-state index in [-0.39, 0.29) is 22.5 Å². The second kappa shape index (κ2) is 6.87. The van der Waals surface area contributed by atoms with Crippen LogP contribution in [0.2, 0.25) is 0 Å². The minimum atomic E-state index is -2.73. The molecule has 1 aliphatic rings. The lowest BCUT2D eigenvalue weighted by Crippen LogP contribution is -2.45. The van der Waals surface area contributed by atoms with Gasteiger partial charge in [-0.2, -0.15) is 0 Å². The van der Waals surface area contributed by atoms with E-state index in [0.717, 1.165) is 7.11 Å². The van der Waals surface area contributed by atoms with Crippen molar-refractivity contribution in [1.82, 2.24) is 4.98 Å². The summed E-state index contributed by atoms with van der Waals surface area (Å²) in [5.41, 5.74) is 0.289. The van der Waals surface area contributed by atoms with Crippen molar-refractivity contribution in [3.8, 4) is 11.1 Å². The number of hydrogen-bond acceptors (Lipinski definition) is 7. The van der Waals surface area contributed by atoms with Gasteiger partial charge in [-0.25, -0.2) is 14.0 Å². The number of hydrogen-bond donors (Lipinski definition) is 4. The Bertz CT molecular complexity index is 833. The van der Waals surface area contributed by atoms with E-state index in [1.54, 1.807) is 30.3 Å². The molecule has 0 radical (unpaired) electrons. The number of halogens is 1. The van der Waals surface area contributed by atoms with Crippen molar-refractivity contribution in [3.63, 3.8) is 0 Å². The van der Waals surface area contributed by atoms with Crippen molar-refractivity contribution < 1.29 is 38.8 Å². The number of fused-ring (bicyclic) bond motifs is 1. The van der Waals surface area contributed by atoms with Gasteiger partial charge < -0.3 is 29.8 Å². The fraction of sp³-hybridized carbons (Fsp3) is 0.294. The second-order valence-electron chi connectivity index (χ2n) is 5.70. The molecule has 0 saturated carbocycles. The molecule has 0 fully saturated rings. The quantitative estimate of drug-likeness (QED) is 0.587. The summed E-state index contributed by atoms with van der Waals surface area (Å²) in [7, 11) is 1.15. The molecule has 8 nitrogen and oxygen atoms in total. The van der Waals surface area contributed by atoms with Crippen LogP contribution in [0, 0.1) is 0 Å². The minimum absolute atomic E-state index is 0.0439. The molecule has 0 saturated heterocycles. The van der Waals surface area contributed by atoms with Crippen molar-refractivity contribution in [2.24, 2.45) is 0 Å². The zero-order valence-corrected chi connectivity index (χ0v) is 13.5. The van der Waals surface area contributed by atoms with E-state index in [0.29, 0.717) is 5.56 Å². The molecule has 2 aromatic rings. The molecule has 0 amide bonds. The maximum atomic E-state index is 13.1. The average Bonchev–Trinajstić information content (AvgIpc) is 3.05. The number of carbonyl (C=O) groups excluding carboxylic acids is 2. The highest BCUT2D eigenvalue weighted by molar-refractivity contribution is 6.02. The summed E-state index contributed by atoms with van der Waals surface area (Å²) >= 11 is 0. The van der Waals surface area contributed by atoms with E-state index in [1.165, 1.54) is 0 Å². The Balaban J connectivity index is 2.22. The molecule has 3 rings (SSSR count). The third-order valence-electron chi connectivity index (χ3n) is 4.16. The summed E-state index contributed by atoms with van der Waals surface area (Å²) in [6.07, 6.45) is -8.34. The first-order valence-electron chi connectivity index (χ1n) is 7.65. The van der Waals surface area contributed by atoms with Gasteiger partial charge in [-0.15, -0.1) is 0 Å². The molecule has 4 unspecified atom stereocenters. The molecule has 1 aliphatic heterocycles. The van der Waals surface area contributed by atoms with Gasteiger partial charge in [0.25, 0.3) is 0 Å². The third kappa shape index (κ3) is 2.85. The minimum Gasteiger partial charge on any atom is -0.464 e. The van der Waals surface area contributed by atoms with Crippen LogP contribution in [-0.4, -0.2) is 57.9 Å². The van der Waals surface area contributed by atoms with Crippen LogP contribution in [0.15, 0.2) is 30.3 Å². The molecule has 4 N–H and O–H groups in total. The standard InChI is InChI=1S/C17H16FNO7/c1-25-16(23)10-8(7-5-3-2-4-6-7)9-11(19-10)17(24)26-14(12(9)20)13(21)15(18)22/h2-6,12-15,19-22H,1H3. The molecule has 0 aliphatic carbocycles. The Morgan fingerprint density at radius 2 is 1.96 bits per heavy atom. The molecule has 2 heterocycles. The zero-order valence-electron chi connectivity index (χ0n) is 13.5. The van der Waals surface area contributed by atoms with Gasteiger partial charge in [0.15, 0.2) is 6.10 Å². The third-order valence-corrected chi connectivity index (χ3v) is 4.16. The van der Waals surface area contributed by atoms with Crippen LogP contribution < -0.4 is 0 Å². The number of H-pyrrole nitrogens is 1. The highest BCUT2D eigenvalue weighted by atomic mass is 19.1. The number of cyclic esters (lactones) is 1. The van der Waals surface area contributed by atoms with Crippen LogP contribution in [0.1, 0.15) is 32.6 Å². The summed E-state index contributed by atoms with van der Waals surface area (Å²) in [5, 5.41) is 29.2. The van der Waals surface area contributed by atoms with E-state index >= 15 is 0 Å². The van der Waals surface area contributed by atoms with Crippen LogP contribution in [0.4, 0.5) is 4.39 Å². The normalized spacial score (nSPS) is 21.5. The SMILES string of the molecule is COC(=O)c1[nH]c2c(c1-c1ccccc1)C(O)C(C(O)C(O)F)OC2=O. The van der Waals surface area contributed by atoms with Gasteiger partial charge in [0.2, 0.25) is 6.36 Å². The smallest absolute Gasteiger partial charge is 0.355 e. The molecule has 0 bridgehead atoms. The molecule has 138 valence electrons. The van der Waals surface area contributed by atoms with Gasteiger partial charge in [0, 0.05) is 11.1 Å². The van der Waals surface area contributed by atoms with E-state index in [4.69, 9.17) is 14.6 Å². The summed E-state index contributed by atoms with van der Waals surface area (Å²) in [4.78, 5) is 26.9. The number of methoxy groups -OCH3 is 1. The van der Waals surface area contributed by atoms with Crippen molar-refractivity contribution in [2.45, 2.75) is 24.7 Å². The molecular weight excluding hydrogens is 349 g/mol. The van der Waals surface area contributed by atoms with Gasteiger partial charge in [-0.3, -0.25) is 0 Å². The molecule has 26 heavy (non-hydrogen) atoms. The molecule has 9 heteroatoms. The largest absolute Gasteiger partial charge is 0.464 e. The summed E-state index contributed by atoms with van der Waals surface area (Å²) in [6, 6.07) is 8.37. The Morgan fingerprint density at radius 1 is 1.31 bits per heavy atom. The maximum absolute atomic E-state index is 13.1. The number of rotatable bonds is 4. The van der Waals surface area contributed by atoms with Crippen LogP contribution in [0.25, 0.3) is 11.1 Å². The van der Waals surface area contributed by atoms with Crippen molar-refractivity contribution in [2.75, 3.05) is 7.11 Å². The van der Waals surface area contributed by atoms with E-state index in [1.807, 2.05) is 0 Å². The number of aromatic amines is 1. The lowest BCUT2D eigenvalue weighted by molar-refractivity contribution is -0.151. The first kappa shape index (κ1) is 18.1. The average molecular weight is 365 g/mol. The Hall–Kier alpha value is -2.75.